The molecule has 0 saturated carbocycles. The Labute approximate surface area is 115 Å². The largest absolute Gasteiger partial charge is 0.366 e. The molecule has 19 heavy (non-hydrogen) atoms. The second-order valence-electron chi connectivity index (χ2n) is 4.57. The smallest absolute Gasteiger partial charge is 0.248 e. The first-order valence-electron chi connectivity index (χ1n) is 6.45. The summed E-state index contributed by atoms with van der Waals surface area (Å²) < 4.78 is 0. The van der Waals surface area contributed by atoms with E-state index in [0.29, 0.717) is 5.56 Å². The van der Waals surface area contributed by atoms with Gasteiger partial charge in [-0.2, -0.15) is 0 Å². The second-order valence-corrected chi connectivity index (χ2v) is 4.57. The van der Waals surface area contributed by atoms with Gasteiger partial charge in [0.2, 0.25) is 5.91 Å². The summed E-state index contributed by atoms with van der Waals surface area (Å²) >= 11 is 0. The molecule has 0 bridgehead atoms. The molecule has 2 N–H and O–H groups in total. The van der Waals surface area contributed by atoms with Gasteiger partial charge in [-0.1, -0.05) is 54.4 Å². The van der Waals surface area contributed by atoms with Crippen LogP contribution in [0, 0.1) is 13.8 Å². The van der Waals surface area contributed by atoms with E-state index in [9.17, 15) is 4.79 Å². The summed E-state index contributed by atoms with van der Waals surface area (Å²) in [6.45, 7) is 6.26. The molecule has 100 valence electrons. The van der Waals surface area contributed by atoms with Crippen LogP contribution in [0.2, 0.25) is 0 Å². The zero-order valence-electron chi connectivity index (χ0n) is 11.8. The Balaban J connectivity index is 0.000000200. The normalized spacial score (nSPS) is 9.42. The molecule has 0 aliphatic carbocycles. The van der Waals surface area contributed by atoms with Crippen molar-refractivity contribution in [3.05, 3.63) is 70.8 Å². The van der Waals surface area contributed by atoms with E-state index in [1.54, 1.807) is 12.1 Å². The number of hydrogen-bond donors (Lipinski definition) is 1. The van der Waals surface area contributed by atoms with Gasteiger partial charge in [0, 0.05) is 5.56 Å². The molecule has 0 aliphatic rings. The van der Waals surface area contributed by atoms with Crippen LogP contribution in [0.1, 0.15) is 34.0 Å². The topological polar surface area (TPSA) is 43.1 Å². The maximum Gasteiger partial charge on any atom is 0.248 e. The number of primary amides is 1. The molecule has 0 aromatic heterocycles. The monoisotopic (exact) mass is 255 g/mol. The minimum absolute atomic E-state index is 0.368. The van der Waals surface area contributed by atoms with Gasteiger partial charge in [-0.15, -0.1) is 0 Å². The summed E-state index contributed by atoms with van der Waals surface area (Å²) in [4.78, 5) is 10.6. The van der Waals surface area contributed by atoms with E-state index in [1.807, 2.05) is 12.1 Å². The summed E-state index contributed by atoms with van der Waals surface area (Å²) in [5.74, 6) is -0.368. The van der Waals surface area contributed by atoms with Crippen LogP contribution in [0.3, 0.4) is 0 Å². The van der Waals surface area contributed by atoms with Crippen molar-refractivity contribution in [2.45, 2.75) is 27.2 Å². The number of hydrogen-bond acceptors (Lipinski definition) is 1. The van der Waals surface area contributed by atoms with E-state index in [4.69, 9.17) is 5.73 Å². The van der Waals surface area contributed by atoms with Crippen molar-refractivity contribution in [1.29, 1.82) is 0 Å². The zero-order valence-corrected chi connectivity index (χ0v) is 11.8. The Hall–Kier alpha value is -2.09. The highest BCUT2D eigenvalue weighted by Crippen LogP contribution is 2.03. The van der Waals surface area contributed by atoms with Gasteiger partial charge in [0.05, 0.1) is 0 Å². The van der Waals surface area contributed by atoms with Gasteiger partial charge in [0.1, 0.15) is 0 Å². The molecule has 0 radical (unpaired) electrons. The minimum atomic E-state index is -0.368. The Morgan fingerprint density at radius 3 is 1.63 bits per heavy atom. The lowest BCUT2D eigenvalue weighted by molar-refractivity contribution is 0.100. The molecule has 2 aromatic carbocycles. The van der Waals surface area contributed by atoms with Crippen molar-refractivity contribution < 1.29 is 4.79 Å². The first kappa shape index (κ1) is 15.0. The standard InChI is InChI=1S/C9H11NO.C8H10/c1-2-7-3-5-8(6-4-7)9(10)11;1-7-3-5-8(2)6-4-7/h3-6H,2H2,1H3,(H2,10,11);3-6H,1-2H3. The van der Waals surface area contributed by atoms with E-state index in [1.165, 1.54) is 16.7 Å². The highest BCUT2D eigenvalue weighted by molar-refractivity contribution is 5.92. The van der Waals surface area contributed by atoms with Gasteiger partial charge in [-0.25, -0.2) is 0 Å². The van der Waals surface area contributed by atoms with Gasteiger partial charge >= 0.3 is 0 Å². The summed E-state index contributed by atoms with van der Waals surface area (Å²) in [6.07, 6.45) is 0.985. The number of carbonyl (C=O) groups is 1. The predicted octanol–water partition coefficient (Wildman–Crippen LogP) is 3.65. The third-order valence-corrected chi connectivity index (χ3v) is 2.86. The SMILES string of the molecule is CCc1ccc(C(N)=O)cc1.Cc1ccc(C)cc1. The van der Waals surface area contributed by atoms with Crippen molar-refractivity contribution in [1.82, 2.24) is 0 Å². The van der Waals surface area contributed by atoms with Gasteiger partial charge in [-0.05, 0) is 38.0 Å². The maximum absolute atomic E-state index is 10.6. The lowest BCUT2D eigenvalue weighted by atomic mass is 10.1. The predicted molar refractivity (Wildman–Crippen MR) is 80.3 cm³/mol. The number of amides is 1. The molecule has 0 unspecified atom stereocenters. The van der Waals surface area contributed by atoms with E-state index in [0.717, 1.165) is 6.42 Å². The molecule has 0 aliphatic heterocycles. The van der Waals surface area contributed by atoms with Gasteiger partial charge < -0.3 is 5.73 Å². The van der Waals surface area contributed by atoms with Gasteiger partial charge in [-0.3, -0.25) is 4.79 Å². The first-order valence-corrected chi connectivity index (χ1v) is 6.45. The van der Waals surface area contributed by atoms with Crippen molar-refractivity contribution >= 4 is 5.91 Å². The summed E-state index contributed by atoms with van der Waals surface area (Å²) in [7, 11) is 0. The summed E-state index contributed by atoms with van der Waals surface area (Å²) in [6, 6.07) is 15.8. The fourth-order valence-corrected chi connectivity index (χ4v) is 1.54. The molecule has 2 aromatic rings. The van der Waals surface area contributed by atoms with Crippen LogP contribution in [-0.2, 0) is 6.42 Å². The van der Waals surface area contributed by atoms with Gasteiger partial charge in [0.15, 0.2) is 0 Å². The molecular formula is C17H21NO. The highest BCUT2D eigenvalue weighted by atomic mass is 16.1. The van der Waals surface area contributed by atoms with E-state index in [-0.39, 0.29) is 5.91 Å². The van der Waals surface area contributed by atoms with E-state index < -0.39 is 0 Å². The molecule has 0 saturated heterocycles. The Kier molecular flexibility index (Phi) is 5.80. The molecule has 1 amide bonds. The quantitative estimate of drug-likeness (QED) is 0.874. The van der Waals surface area contributed by atoms with Crippen LogP contribution in [0.15, 0.2) is 48.5 Å². The number of benzene rings is 2. The number of aryl methyl sites for hydroxylation is 3. The molecule has 2 rings (SSSR count). The third kappa shape index (κ3) is 5.38. The molecule has 0 spiro atoms. The van der Waals surface area contributed by atoms with Crippen molar-refractivity contribution in [2.24, 2.45) is 5.73 Å². The highest BCUT2D eigenvalue weighted by Gasteiger charge is 1.97. The lowest BCUT2D eigenvalue weighted by Gasteiger charge is -1.96. The van der Waals surface area contributed by atoms with Crippen LogP contribution in [-0.4, -0.2) is 5.91 Å². The summed E-state index contributed by atoms with van der Waals surface area (Å²) in [5.41, 5.74) is 9.51. The number of carbonyl (C=O) groups excluding carboxylic acids is 1. The molecule has 0 atom stereocenters. The Bertz CT molecular complexity index is 491. The first-order chi connectivity index (χ1) is 9.02. The van der Waals surface area contributed by atoms with E-state index >= 15 is 0 Å². The van der Waals surface area contributed by atoms with Crippen LogP contribution in [0.5, 0.6) is 0 Å². The maximum atomic E-state index is 10.6. The van der Waals surface area contributed by atoms with Crippen molar-refractivity contribution in [3.8, 4) is 0 Å². The third-order valence-electron chi connectivity index (χ3n) is 2.86. The molecule has 0 heterocycles. The van der Waals surface area contributed by atoms with E-state index in [2.05, 4.69) is 45.0 Å². The van der Waals surface area contributed by atoms with Crippen LogP contribution in [0.25, 0.3) is 0 Å². The average molecular weight is 255 g/mol. The zero-order chi connectivity index (χ0) is 14.3. The van der Waals surface area contributed by atoms with Crippen LogP contribution >= 0.6 is 0 Å². The average Bonchev–Trinajstić information content (AvgIpc) is 2.43. The van der Waals surface area contributed by atoms with Crippen molar-refractivity contribution in [2.75, 3.05) is 0 Å². The minimum Gasteiger partial charge on any atom is -0.366 e. The fraction of sp³-hybridized carbons (Fsp3) is 0.235. The molecule has 2 heteroatoms. The second kappa shape index (κ2) is 7.37. The van der Waals surface area contributed by atoms with Crippen molar-refractivity contribution in [3.63, 3.8) is 0 Å². The Morgan fingerprint density at radius 1 is 0.895 bits per heavy atom. The van der Waals surface area contributed by atoms with Gasteiger partial charge in [0.25, 0.3) is 0 Å². The number of nitrogens with two attached hydrogens (primary N) is 1. The fourth-order valence-electron chi connectivity index (χ4n) is 1.54. The summed E-state index contributed by atoms with van der Waals surface area (Å²) in [5, 5.41) is 0. The molecular weight excluding hydrogens is 234 g/mol. The van der Waals surface area contributed by atoms with Crippen LogP contribution < -0.4 is 5.73 Å². The molecule has 2 nitrogen and oxygen atoms in total. The molecule has 0 fully saturated rings. The number of rotatable bonds is 2. The van der Waals surface area contributed by atoms with Crippen LogP contribution in [0.4, 0.5) is 0 Å². The lowest BCUT2D eigenvalue weighted by Crippen LogP contribution is -2.10. The Morgan fingerprint density at radius 2 is 1.32 bits per heavy atom.